The Kier molecular flexibility index (Phi) is 5.95. The van der Waals surface area contributed by atoms with Gasteiger partial charge in [-0.25, -0.2) is 13.1 Å². The first kappa shape index (κ1) is 16.6. The summed E-state index contributed by atoms with van der Waals surface area (Å²) in [5, 5.41) is 5.05. The van der Waals surface area contributed by atoms with E-state index in [2.05, 4.69) is 26.0 Å². The largest absolute Gasteiger partial charge is 0.313 e. The zero-order chi connectivity index (χ0) is 15.3. The van der Waals surface area contributed by atoms with Gasteiger partial charge in [-0.1, -0.05) is 41.1 Å². The molecule has 0 aliphatic rings. The van der Waals surface area contributed by atoms with Crippen molar-refractivity contribution in [3.8, 4) is 0 Å². The SMILES string of the molecule is CCNCc1csc(S(=O)(=O)NCc2ccccc2Br)c1. The van der Waals surface area contributed by atoms with Gasteiger partial charge in [-0.2, -0.15) is 0 Å². The average molecular weight is 389 g/mol. The topological polar surface area (TPSA) is 58.2 Å². The van der Waals surface area contributed by atoms with Crippen LogP contribution in [0.5, 0.6) is 0 Å². The van der Waals surface area contributed by atoms with E-state index >= 15 is 0 Å². The second-order valence-corrected chi connectivity index (χ2v) is 8.23. The molecule has 7 heteroatoms. The molecular weight excluding hydrogens is 372 g/mol. The van der Waals surface area contributed by atoms with Crippen LogP contribution in [-0.2, 0) is 23.1 Å². The highest BCUT2D eigenvalue weighted by atomic mass is 79.9. The van der Waals surface area contributed by atoms with Crippen molar-refractivity contribution in [1.29, 1.82) is 0 Å². The summed E-state index contributed by atoms with van der Waals surface area (Å²) in [5.74, 6) is 0. The minimum atomic E-state index is -3.46. The molecular formula is C14H17BrN2O2S2. The van der Waals surface area contributed by atoms with Crippen molar-refractivity contribution >= 4 is 37.3 Å². The highest BCUT2D eigenvalue weighted by molar-refractivity contribution is 9.10. The lowest BCUT2D eigenvalue weighted by Crippen LogP contribution is -2.22. The molecule has 114 valence electrons. The number of halogens is 1. The lowest BCUT2D eigenvalue weighted by Gasteiger charge is -2.06. The van der Waals surface area contributed by atoms with Crippen molar-refractivity contribution in [1.82, 2.24) is 10.0 Å². The molecule has 1 aromatic heterocycles. The molecule has 0 saturated heterocycles. The van der Waals surface area contributed by atoms with Gasteiger partial charge >= 0.3 is 0 Å². The highest BCUT2D eigenvalue weighted by Gasteiger charge is 2.16. The van der Waals surface area contributed by atoms with E-state index in [1.807, 2.05) is 36.6 Å². The summed E-state index contributed by atoms with van der Waals surface area (Å²) < 4.78 is 28.4. The van der Waals surface area contributed by atoms with Gasteiger partial charge in [0.1, 0.15) is 4.21 Å². The maximum Gasteiger partial charge on any atom is 0.250 e. The zero-order valence-electron chi connectivity index (χ0n) is 11.6. The minimum Gasteiger partial charge on any atom is -0.313 e. The van der Waals surface area contributed by atoms with Gasteiger partial charge in [-0.15, -0.1) is 11.3 Å². The van der Waals surface area contributed by atoms with E-state index in [1.54, 1.807) is 6.07 Å². The normalized spacial score (nSPS) is 11.7. The Morgan fingerprint density at radius 3 is 2.71 bits per heavy atom. The van der Waals surface area contributed by atoms with Gasteiger partial charge in [0.05, 0.1) is 0 Å². The quantitative estimate of drug-likeness (QED) is 0.765. The van der Waals surface area contributed by atoms with Crippen molar-refractivity contribution in [2.24, 2.45) is 0 Å². The second-order valence-electron chi connectivity index (χ2n) is 4.47. The molecule has 2 aromatic rings. The first-order valence-electron chi connectivity index (χ1n) is 6.54. The molecule has 1 heterocycles. The predicted octanol–water partition coefficient (Wildman–Crippen LogP) is 3.10. The fourth-order valence-electron chi connectivity index (χ4n) is 1.74. The maximum absolute atomic E-state index is 12.3. The summed E-state index contributed by atoms with van der Waals surface area (Å²) in [6, 6.07) is 9.28. The molecule has 0 aliphatic carbocycles. The maximum atomic E-state index is 12.3. The summed E-state index contributed by atoms with van der Waals surface area (Å²) >= 11 is 4.66. The smallest absolute Gasteiger partial charge is 0.250 e. The third kappa shape index (κ3) is 4.62. The average Bonchev–Trinajstić information content (AvgIpc) is 2.94. The van der Waals surface area contributed by atoms with E-state index in [9.17, 15) is 8.42 Å². The number of hydrogen-bond acceptors (Lipinski definition) is 4. The monoisotopic (exact) mass is 388 g/mol. The third-order valence-corrected chi connectivity index (χ3v) is 6.55. The molecule has 0 spiro atoms. The van der Waals surface area contributed by atoms with Crippen LogP contribution in [0.2, 0.25) is 0 Å². The zero-order valence-corrected chi connectivity index (χ0v) is 14.8. The van der Waals surface area contributed by atoms with Crippen LogP contribution in [-0.4, -0.2) is 15.0 Å². The van der Waals surface area contributed by atoms with Crippen LogP contribution in [0.1, 0.15) is 18.1 Å². The molecule has 0 radical (unpaired) electrons. The van der Waals surface area contributed by atoms with Crippen molar-refractivity contribution in [2.45, 2.75) is 24.2 Å². The van der Waals surface area contributed by atoms with E-state index < -0.39 is 10.0 Å². The van der Waals surface area contributed by atoms with Crippen LogP contribution < -0.4 is 10.0 Å². The molecule has 4 nitrogen and oxygen atoms in total. The molecule has 21 heavy (non-hydrogen) atoms. The van der Waals surface area contributed by atoms with E-state index in [4.69, 9.17) is 0 Å². The minimum absolute atomic E-state index is 0.268. The number of thiophene rings is 1. The van der Waals surface area contributed by atoms with Gasteiger partial charge < -0.3 is 5.32 Å². The Balaban J connectivity index is 2.05. The first-order chi connectivity index (χ1) is 10.0. The molecule has 1 aromatic carbocycles. The lowest BCUT2D eigenvalue weighted by molar-refractivity contribution is 0.583. The molecule has 2 rings (SSSR count). The fourth-order valence-corrected chi connectivity index (χ4v) is 4.43. The molecule has 0 saturated carbocycles. The molecule has 0 atom stereocenters. The van der Waals surface area contributed by atoms with Gasteiger partial charge in [0.25, 0.3) is 0 Å². The van der Waals surface area contributed by atoms with E-state index in [0.29, 0.717) is 10.8 Å². The summed E-state index contributed by atoms with van der Waals surface area (Å²) in [7, 11) is -3.46. The van der Waals surface area contributed by atoms with Crippen LogP contribution in [0.25, 0.3) is 0 Å². The van der Waals surface area contributed by atoms with Crippen molar-refractivity contribution < 1.29 is 8.42 Å². The number of sulfonamides is 1. The number of benzene rings is 1. The van der Waals surface area contributed by atoms with E-state index in [1.165, 1.54) is 11.3 Å². The summed E-state index contributed by atoms with van der Waals surface area (Å²) in [4.78, 5) is 0. The summed E-state index contributed by atoms with van der Waals surface area (Å²) in [6.07, 6.45) is 0. The van der Waals surface area contributed by atoms with Crippen molar-refractivity contribution in [2.75, 3.05) is 6.54 Å². The van der Waals surface area contributed by atoms with Crippen molar-refractivity contribution in [3.05, 3.63) is 51.3 Å². The van der Waals surface area contributed by atoms with Crippen molar-refractivity contribution in [3.63, 3.8) is 0 Å². The Labute approximate surface area is 137 Å². The third-order valence-electron chi connectivity index (χ3n) is 2.88. The molecule has 0 bridgehead atoms. The van der Waals surface area contributed by atoms with E-state index in [-0.39, 0.29) is 6.54 Å². The standard InChI is InChI=1S/C14H17BrN2O2S2/c1-2-16-8-11-7-14(20-10-11)21(18,19)17-9-12-5-3-4-6-13(12)15/h3-7,10,16-17H,2,8-9H2,1H3. The van der Waals surface area contributed by atoms with Crippen LogP contribution >= 0.6 is 27.3 Å². The molecule has 0 unspecified atom stereocenters. The highest BCUT2D eigenvalue weighted by Crippen LogP contribution is 2.21. The number of nitrogens with one attached hydrogen (secondary N) is 2. The number of rotatable bonds is 7. The van der Waals surface area contributed by atoms with Gasteiger partial charge in [-0.3, -0.25) is 0 Å². The predicted molar refractivity (Wildman–Crippen MR) is 89.9 cm³/mol. The second kappa shape index (κ2) is 7.51. The Bertz CT molecular complexity index is 699. The molecule has 2 N–H and O–H groups in total. The van der Waals surface area contributed by atoms with Crippen LogP contribution in [0, 0.1) is 0 Å². The molecule has 0 fully saturated rings. The summed E-state index contributed by atoms with van der Waals surface area (Å²) in [6.45, 7) is 3.83. The van der Waals surface area contributed by atoms with E-state index in [0.717, 1.165) is 22.1 Å². The first-order valence-corrected chi connectivity index (χ1v) is 9.69. The van der Waals surface area contributed by atoms with Gasteiger partial charge in [0.15, 0.2) is 0 Å². The molecule has 0 amide bonds. The van der Waals surface area contributed by atoms with Crippen LogP contribution in [0.3, 0.4) is 0 Å². The van der Waals surface area contributed by atoms with Crippen LogP contribution in [0.4, 0.5) is 0 Å². The van der Waals surface area contributed by atoms with Gasteiger partial charge in [0.2, 0.25) is 10.0 Å². The fraction of sp³-hybridized carbons (Fsp3) is 0.286. The van der Waals surface area contributed by atoms with Crippen LogP contribution in [0.15, 0.2) is 44.4 Å². The Hall–Kier alpha value is -0.730. The van der Waals surface area contributed by atoms with Gasteiger partial charge in [0, 0.05) is 17.6 Å². The lowest BCUT2D eigenvalue weighted by atomic mass is 10.2. The number of hydrogen-bond donors (Lipinski definition) is 2. The molecule has 0 aliphatic heterocycles. The Morgan fingerprint density at radius 1 is 1.24 bits per heavy atom. The van der Waals surface area contributed by atoms with Gasteiger partial charge in [-0.05, 0) is 35.2 Å². The Morgan fingerprint density at radius 2 is 2.00 bits per heavy atom. The summed E-state index contributed by atoms with van der Waals surface area (Å²) in [5.41, 5.74) is 1.90.